The smallest absolute Gasteiger partial charge is 0.147 e. The molecule has 12 nitrogen and oxygen atoms in total. The summed E-state index contributed by atoms with van der Waals surface area (Å²) in [6.45, 7) is 1.16. The molecule has 0 bridgehead atoms. The zero-order valence-electron chi connectivity index (χ0n) is 47.2. The van der Waals surface area contributed by atoms with Crippen molar-refractivity contribution in [2.75, 3.05) is 83.4 Å². The highest BCUT2D eigenvalue weighted by Gasteiger charge is 2.49. The Bertz CT molecular complexity index is 2620. The molecule has 0 aliphatic heterocycles. The van der Waals surface area contributed by atoms with Crippen LogP contribution in [0.25, 0.3) is 22.3 Å². The highest BCUT2D eigenvalue weighted by atomic mass is 79.9. The van der Waals surface area contributed by atoms with Gasteiger partial charge in [0.1, 0.15) is 40.8 Å². The summed E-state index contributed by atoms with van der Waals surface area (Å²) in [6.07, 6.45) is 8.93. The quantitative estimate of drug-likeness (QED) is 0.0482. The first-order valence-corrected chi connectivity index (χ1v) is 29.3. The molecule has 0 N–H and O–H groups in total. The van der Waals surface area contributed by atoms with Gasteiger partial charge in [0.25, 0.3) is 0 Å². The van der Waals surface area contributed by atoms with Crippen LogP contribution in [0.4, 0.5) is 0 Å². The summed E-state index contributed by atoms with van der Waals surface area (Å²) in [6, 6.07) is 52.1. The van der Waals surface area contributed by atoms with Crippen LogP contribution < -0.4 is 0 Å². The topological polar surface area (TPSA) is 111 Å². The standard InChI is InChI=1S/C66H78Br2O12/c1-69-43-75-61(53-15-7-49(8-16-53)51-11-19-55(20-12-51)63(77-45-71-3)35-39-65(40-36-63,79-47-73-5)57-23-27-59(67)28-24-57)31-33-62(34-32-61,76-44-70-2)54-17-9-50(10-18-54)52-13-21-56(22-14-52)64(78-46-72-4)37-41-66(42-38-64,80-48-74-6)58-25-29-60(68)30-26-58/h7-30H,31-48H2,1-6H3. The Morgan fingerprint density at radius 3 is 0.512 bits per heavy atom. The van der Waals surface area contributed by atoms with Crippen molar-refractivity contribution in [3.63, 3.8) is 0 Å². The van der Waals surface area contributed by atoms with Crippen LogP contribution in [-0.2, 0) is 90.4 Å². The minimum Gasteiger partial charge on any atom is -0.359 e. The lowest BCUT2D eigenvalue weighted by Crippen LogP contribution is -2.43. The molecule has 6 aromatic carbocycles. The van der Waals surface area contributed by atoms with Crippen LogP contribution in [0.1, 0.15) is 110 Å². The summed E-state index contributed by atoms with van der Waals surface area (Å²) in [5.74, 6) is 0. The second-order valence-electron chi connectivity index (χ2n) is 21.6. The van der Waals surface area contributed by atoms with Gasteiger partial charge in [0.15, 0.2) is 0 Å². The van der Waals surface area contributed by atoms with Gasteiger partial charge in [-0.25, -0.2) is 0 Å². The van der Waals surface area contributed by atoms with Gasteiger partial charge < -0.3 is 56.8 Å². The van der Waals surface area contributed by atoms with E-state index < -0.39 is 33.6 Å². The molecule has 6 aromatic rings. The van der Waals surface area contributed by atoms with E-state index in [-0.39, 0.29) is 40.8 Å². The molecule has 0 unspecified atom stereocenters. The Balaban J connectivity index is 0.887. The van der Waals surface area contributed by atoms with Crippen molar-refractivity contribution in [1.82, 2.24) is 0 Å². The van der Waals surface area contributed by atoms with Crippen molar-refractivity contribution >= 4 is 31.9 Å². The molecule has 0 amide bonds. The van der Waals surface area contributed by atoms with E-state index in [0.29, 0.717) is 0 Å². The molecule has 3 aliphatic rings. The fourth-order valence-corrected chi connectivity index (χ4v) is 13.2. The van der Waals surface area contributed by atoms with Crippen molar-refractivity contribution < 1.29 is 56.8 Å². The van der Waals surface area contributed by atoms with Gasteiger partial charge >= 0.3 is 0 Å². The maximum atomic E-state index is 6.71. The van der Waals surface area contributed by atoms with Gasteiger partial charge in [-0.1, -0.05) is 153 Å². The molecule has 0 aromatic heterocycles. The Morgan fingerprint density at radius 2 is 0.375 bits per heavy atom. The maximum Gasteiger partial charge on any atom is 0.147 e. The Morgan fingerprint density at radius 1 is 0.237 bits per heavy atom. The summed E-state index contributed by atoms with van der Waals surface area (Å²) in [7, 11) is 10.0. The van der Waals surface area contributed by atoms with Gasteiger partial charge in [-0.2, -0.15) is 0 Å². The van der Waals surface area contributed by atoms with Crippen molar-refractivity contribution in [3.8, 4) is 22.3 Å². The van der Waals surface area contributed by atoms with Crippen LogP contribution in [-0.4, -0.2) is 83.4 Å². The molecule has 3 saturated carbocycles. The highest BCUT2D eigenvalue weighted by Crippen LogP contribution is 2.54. The predicted octanol–water partition coefficient (Wildman–Crippen LogP) is 15.3. The van der Waals surface area contributed by atoms with E-state index in [1.54, 1.807) is 42.7 Å². The number of halogens is 2. The largest absolute Gasteiger partial charge is 0.359 e. The van der Waals surface area contributed by atoms with E-state index in [9.17, 15) is 0 Å². The number of ether oxygens (including phenoxy) is 12. The van der Waals surface area contributed by atoms with Crippen molar-refractivity contribution in [1.29, 1.82) is 0 Å². The molecule has 0 atom stereocenters. The fourth-order valence-electron chi connectivity index (χ4n) is 12.7. The Hall–Kier alpha value is -4.20. The number of benzene rings is 6. The summed E-state index contributed by atoms with van der Waals surface area (Å²) in [5, 5.41) is 0. The normalized spacial score (nSPS) is 26.1. The molecular weight excluding hydrogens is 1140 g/mol. The first-order valence-electron chi connectivity index (χ1n) is 27.7. The minimum atomic E-state index is -0.579. The lowest BCUT2D eigenvalue weighted by molar-refractivity contribution is -0.203. The summed E-state index contributed by atoms with van der Waals surface area (Å²) >= 11 is 7.19. The SMILES string of the molecule is COCOC1(c2ccc(Br)cc2)CCC(OCOC)(c2ccc(-c3ccc(C4(OCOC)CCC(OCOC)(c5ccc(-c6ccc(C7(OCOC)CCC(OCOC)(c8ccc(Br)cc8)CC7)cc6)cc5)CC4)cc3)cc2)CC1. The third-order valence-corrected chi connectivity index (χ3v) is 18.4. The summed E-state index contributed by atoms with van der Waals surface area (Å²) in [5.41, 5.74) is 8.01. The lowest BCUT2D eigenvalue weighted by atomic mass is 9.69. The summed E-state index contributed by atoms with van der Waals surface area (Å²) in [4.78, 5) is 0. The van der Waals surface area contributed by atoms with Gasteiger partial charge in [0, 0.05) is 51.6 Å². The van der Waals surface area contributed by atoms with Gasteiger partial charge in [0.05, 0.1) is 33.6 Å². The summed E-state index contributed by atoms with van der Waals surface area (Å²) < 4.78 is 74.6. The average Bonchev–Trinajstić information content (AvgIpc) is 3.54. The highest BCUT2D eigenvalue weighted by molar-refractivity contribution is 9.10. The van der Waals surface area contributed by atoms with Gasteiger partial charge in [-0.05, 0) is 157 Å². The van der Waals surface area contributed by atoms with Crippen LogP contribution in [0, 0.1) is 0 Å². The zero-order chi connectivity index (χ0) is 56.1. The molecule has 0 heterocycles. The average molecular weight is 1220 g/mol. The second-order valence-corrected chi connectivity index (χ2v) is 23.4. The molecule has 3 fully saturated rings. The van der Waals surface area contributed by atoms with Crippen molar-refractivity contribution in [3.05, 3.63) is 188 Å². The lowest BCUT2D eigenvalue weighted by Gasteiger charge is -2.46. The molecule has 0 saturated heterocycles. The molecule has 0 spiro atoms. The third kappa shape index (κ3) is 13.3. The number of hydrogen-bond donors (Lipinski definition) is 0. The van der Waals surface area contributed by atoms with Gasteiger partial charge in [0.2, 0.25) is 0 Å². The van der Waals surface area contributed by atoms with Crippen LogP contribution in [0.15, 0.2) is 155 Å². The molecule has 0 radical (unpaired) electrons. The van der Waals surface area contributed by atoms with E-state index in [1.807, 2.05) is 0 Å². The maximum absolute atomic E-state index is 6.71. The van der Waals surface area contributed by atoms with Crippen LogP contribution in [0.2, 0.25) is 0 Å². The molecular formula is C66H78Br2O12. The molecule has 9 rings (SSSR count). The van der Waals surface area contributed by atoms with Crippen LogP contribution in [0.5, 0.6) is 0 Å². The van der Waals surface area contributed by atoms with Crippen LogP contribution in [0.3, 0.4) is 0 Å². The van der Waals surface area contributed by atoms with E-state index in [1.165, 1.54) is 0 Å². The monoisotopic (exact) mass is 1220 g/mol. The van der Waals surface area contributed by atoms with Gasteiger partial charge in [-0.15, -0.1) is 0 Å². The Kier molecular flexibility index (Phi) is 20.7. The predicted molar refractivity (Wildman–Crippen MR) is 315 cm³/mol. The van der Waals surface area contributed by atoms with Crippen LogP contribution >= 0.6 is 31.9 Å². The second kappa shape index (κ2) is 27.5. The minimum absolute atomic E-state index is 0.174. The van der Waals surface area contributed by atoms with E-state index >= 15 is 0 Å². The fraction of sp³-hybridized carbons (Fsp3) is 0.455. The number of methoxy groups -OCH3 is 6. The third-order valence-electron chi connectivity index (χ3n) is 17.4. The molecule has 80 heavy (non-hydrogen) atoms. The molecule has 3 aliphatic carbocycles. The van der Waals surface area contributed by atoms with E-state index in [2.05, 4.69) is 177 Å². The van der Waals surface area contributed by atoms with Crippen molar-refractivity contribution in [2.45, 2.75) is 111 Å². The van der Waals surface area contributed by atoms with E-state index in [4.69, 9.17) is 56.8 Å². The van der Waals surface area contributed by atoms with Crippen molar-refractivity contribution in [2.24, 2.45) is 0 Å². The number of hydrogen-bond acceptors (Lipinski definition) is 12. The first kappa shape index (κ1) is 60.4. The first-order chi connectivity index (χ1) is 39.0. The zero-order valence-corrected chi connectivity index (χ0v) is 50.4. The van der Waals surface area contributed by atoms with E-state index in [0.717, 1.165) is 142 Å². The Labute approximate surface area is 490 Å². The molecule has 14 heteroatoms. The molecule has 428 valence electrons. The number of rotatable bonds is 26. The van der Waals surface area contributed by atoms with Gasteiger partial charge in [-0.3, -0.25) is 0 Å².